The highest BCUT2D eigenvalue weighted by Crippen LogP contribution is 2.35. The summed E-state index contributed by atoms with van der Waals surface area (Å²) < 4.78 is 4.50. The van der Waals surface area contributed by atoms with Gasteiger partial charge in [0.05, 0.1) is 11.0 Å². The average Bonchev–Trinajstić information content (AvgIpc) is 2.07. The highest BCUT2D eigenvalue weighted by molar-refractivity contribution is 6.25. The molecule has 426 valence electrons. The monoisotopic (exact) mass is 1110 g/mol. The van der Waals surface area contributed by atoms with Gasteiger partial charge in [0.1, 0.15) is 0 Å². The summed E-state index contributed by atoms with van der Waals surface area (Å²) in [6.45, 7) is 25.3. The first-order valence-electron chi connectivity index (χ1n) is 29.7. The van der Waals surface area contributed by atoms with Crippen LogP contribution in [0.1, 0.15) is 67.0 Å². The minimum Gasteiger partial charge on any atom is -0.352 e. The Morgan fingerprint density at radius 1 is 0.200 bits per heavy atom. The predicted octanol–water partition coefficient (Wildman–Crippen LogP) is 23.1. The van der Waals surface area contributed by atoms with Crippen molar-refractivity contribution in [1.82, 2.24) is 9.13 Å². The molecule has 0 unspecified atom stereocenters. The maximum Gasteiger partial charge on any atom is 0.0541 e. The molecule has 0 atom stereocenters. The van der Waals surface area contributed by atoms with E-state index in [4.69, 9.17) is 0 Å². The van der Waals surface area contributed by atoms with E-state index < -0.39 is 0 Å². The summed E-state index contributed by atoms with van der Waals surface area (Å²) in [5.41, 5.74) is 22.2. The largest absolute Gasteiger partial charge is 0.352 e. The van der Waals surface area contributed by atoms with E-state index in [0.717, 1.165) is 0 Å². The molecule has 2 heteroatoms. The van der Waals surface area contributed by atoms with Crippen molar-refractivity contribution in [3.8, 4) is 16.8 Å². The molecule has 0 saturated heterocycles. The highest BCUT2D eigenvalue weighted by atomic mass is 15.0. The van der Waals surface area contributed by atoms with Gasteiger partial charge in [-0.2, -0.15) is 0 Å². The van der Waals surface area contributed by atoms with Crippen molar-refractivity contribution in [3.05, 3.63) is 340 Å². The Bertz CT molecular complexity index is 4110. The summed E-state index contributed by atoms with van der Waals surface area (Å²) in [7, 11) is 2.07. The summed E-state index contributed by atoms with van der Waals surface area (Å²) in [5, 5.41) is 10.7. The van der Waals surface area contributed by atoms with Crippen LogP contribution in [0, 0.1) is 83.1 Å². The molecular formula is C83H84N2. The smallest absolute Gasteiger partial charge is 0.0541 e. The van der Waals surface area contributed by atoms with E-state index in [1.807, 2.05) is 0 Å². The molecule has 0 spiro atoms. The Balaban J connectivity index is 0.000000134. The SMILES string of the molecule is Cc1ccc(-c2cccc(C)c2)cc1.Cc1ccc(-n2c3ccccc3c3ccccc32)cc1.Cc1ccc(C)cc1.Cc1ccc(C)cc1.Cc1ccc(C)cc1.Cc1ccc(C)n1C.Cc1ccc2c3ccccc3c3ccccc3c2c1. The zero-order valence-electron chi connectivity index (χ0n) is 52.4. The third kappa shape index (κ3) is 16.8. The Labute approximate surface area is 507 Å². The Morgan fingerprint density at radius 3 is 0.847 bits per heavy atom. The van der Waals surface area contributed by atoms with Crippen LogP contribution in [0.5, 0.6) is 0 Å². The maximum absolute atomic E-state index is 2.34. The van der Waals surface area contributed by atoms with Gasteiger partial charge in [0.25, 0.3) is 0 Å². The number of hydrogen-bond acceptors (Lipinski definition) is 0. The molecule has 0 aliphatic rings. The van der Waals surface area contributed by atoms with E-state index in [1.54, 1.807) is 0 Å². The fraction of sp³-hybridized carbons (Fsp3) is 0.157. The quantitative estimate of drug-likeness (QED) is 0.153. The van der Waals surface area contributed by atoms with Crippen LogP contribution < -0.4 is 0 Å². The van der Waals surface area contributed by atoms with Crippen LogP contribution in [0.3, 0.4) is 0 Å². The first-order chi connectivity index (χ1) is 41.0. The van der Waals surface area contributed by atoms with E-state index in [1.165, 1.54) is 138 Å². The number of rotatable bonds is 2. The van der Waals surface area contributed by atoms with E-state index in [2.05, 4.69) is 372 Å². The second-order valence-electron chi connectivity index (χ2n) is 22.7. The van der Waals surface area contributed by atoms with Crippen molar-refractivity contribution < 1.29 is 0 Å². The standard InChI is InChI=1S/C19H15N.C19H14.C14H14.3C8H10.C7H11N/c1-14-10-12-15(13-11-14)20-18-8-4-2-6-16(18)17-7-3-5-9-19(17)20;1-13-10-11-18-16-8-3-2-6-14(16)15-7-4-5-9-17(15)19(18)12-13;1-11-6-8-13(9-7-11)14-5-3-4-12(2)10-14;3*1-7-3-5-8(2)6-4-7;1-6-4-5-7(2)8(6)3/h2-13H,1H3;2-12H,1H3;3-10H,1-2H3;3*3-6H,1-2H3;4-5H,1-3H3. The van der Waals surface area contributed by atoms with Gasteiger partial charge >= 0.3 is 0 Å². The molecule has 0 aliphatic heterocycles. The lowest BCUT2D eigenvalue weighted by atomic mass is 9.93. The van der Waals surface area contributed by atoms with Gasteiger partial charge in [-0.05, 0) is 163 Å². The van der Waals surface area contributed by atoms with Crippen LogP contribution >= 0.6 is 0 Å². The molecule has 0 bridgehead atoms. The van der Waals surface area contributed by atoms with Gasteiger partial charge in [-0.3, -0.25) is 0 Å². The van der Waals surface area contributed by atoms with Gasteiger partial charge in [0.2, 0.25) is 0 Å². The molecule has 0 aliphatic carbocycles. The molecule has 0 N–H and O–H groups in total. The molecule has 2 aromatic heterocycles. The number of para-hydroxylation sites is 2. The number of aryl methyl sites for hydroxylation is 12. The normalized spacial score (nSPS) is 10.4. The third-order valence-electron chi connectivity index (χ3n) is 15.5. The van der Waals surface area contributed by atoms with Crippen molar-refractivity contribution in [2.24, 2.45) is 7.05 Å². The fourth-order valence-corrected chi connectivity index (χ4v) is 10.1. The molecule has 2 nitrogen and oxygen atoms in total. The summed E-state index contributed by atoms with van der Waals surface area (Å²) in [6, 6.07) is 96.9. The van der Waals surface area contributed by atoms with Crippen molar-refractivity contribution in [2.45, 2.75) is 83.1 Å². The van der Waals surface area contributed by atoms with Gasteiger partial charge in [-0.25, -0.2) is 0 Å². The topological polar surface area (TPSA) is 9.86 Å². The lowest BCUT2D eigenvalue weighted by molar-refractivity contribution is 0.844. The molecule has 2 heterocycles. The minimum absolute atomic E-state index is 1.22. The number of benzene rings is 12. The summed E-state index contributed by atoms with van der Waals surface area (Å²) >= 11 is 0. The number of hydrogen-bond donors (Lipinski definition) is 0. The summed E-state index contributed by atoms with van der Waals surface area (Å²) in [5.74, 6) is 0. The van der Waals surface area contributed by atoms with Gasteiger partial charge in [-0.15, -0.1) is 0 Å². The molecular weight excluding hydrogens is 1020 g/mol. The molecule has 85 heavy (non-hydrogen) atoms. The maximum atomic E-state index is 2.34. The van der Waals surface area contributed by atoms with Gasteiger partial charge in [-0.1, -0.05) is 292 Å². The van der Waals surface area contributed by atoms with Crippen LogP contribution in [0.4, 0.5) is 0 Å². The number of fused-ring (bicyclic) bond motifs is 9. The van der Waals surface area contributed by atoms with Gasteiger partial charge in [0, 0.05) is 34.9 Å². The second-order valence-corrected chi connectivity index (χ2v) is 22.7. The van der Waals surface area contributed by atoms with Crippen LogP contribution in [0.15, 0.2) is 273 Å². The van der Waals surface area contributed by atoms with E-state index in [-0.39, 0.29) is 0 Å². The number of nitrogens with zero attached hydrogens (tertiary/aromatic N) is 2. The van der Waals surface area contributed by atoms with Crippen LogP contribution in [-0.4, -0.2) is 9.13 Å². The Kier molecular flexibility index (Phi) is 21.5. The first kappa shape index (κ1) is 61.6. The third-order valence-corrected chi connectivity index (χ3v) is 15.5. The number of aromatic nitrogens is 2. The average molecular weight is 1110 g/mol. The van der Waals surface area contributed by atoms with Crippen LogP contribution in [-0.2, 0) is 7.05 Å². The summed E-state index contributed by atoms with van der Waals surface area (Å²) in [6.07, 6.45) is 0. The Morgan fingerprint density at radius 2 is 0.494 bits per heavy atom. The zero-order valence-corrected chi connectivity index (χ0v) is 52.4. The Hall–Kier alpha value is -9.50. The lowest BCUT2D eigenvalue weighted by Gasteiger charge is -2.10. The van der Waals surface area contributed by atoms with Gasteiger partial charge < -0.3 is 9.13 Å². The second kappa shape index (κ2) is 29.7. The molecule has 14 aromatic rings. The molecule has 0 radical (unpaired) electrons. The van der Waals surface area contributed by atoms with E-state index in [0.29, 0.717) is 0 Å². The molecule has 0 fully saturated rings. The highest BCUT2D eigenvalue weighted by Gasteiger charge is 2.11. The zero-order chi connectivity index (χ0) is 60.4. The first-order valence-corrected chi connectivity index (χ1v) is 29.7. The molecule has 0 saturated carbocycles. The molecule has 12 aromatic carbocycles. The van der Waals surface area contributed by atoms with Crippen molar-refractivity contribution in [1.29, 1.82) is 0 Å². The summed E-state index contributed by atoms with van der Waals surface area (Å²) in [4.78, 5) is 0. The van der Waals surface area contributed by atoms with Gasteiger partial charge in [0.15, 0.2) is 0 Å². The predicted molar refractivity (Wildman–Crippen MR) is 373 cm³/mol. The van der Waals surface area contributed by atoms with Crippen molar-refractivity contribution in [2.75, 3.05) is 0 Å². The molecule has 0 amide bonds. The van der Waals surface area contributed by atoms with Crippen LogP contribution in [0.2, 0.25) is 0 Å². The van der Waals surface area contributed by atoms with Crippen molar-refractivity contribution in [3.63, 3.8) is 0 Å². The van der Waals surface area contributed by atoms with Crippen molar-refractivity contribution >= 4 is 54.1 Å². The van der Waals surface area contributed by atoms with E-state index >= 15 is 0 Å². The lowest BCUT2D eigenvalue weighted by Crippen LogP contribution is -1.93. The molecule has 14 rings (SSSR count). The minimum atomic E-state index is 1.22. The van der Waals surface area contributed by atoms with E-state index in [9.17, 15) is 0 Å². The van der Waals surface area contributed by atoms with Crippen LogP contribution in [0.25, 0.3) is 70.9 Å². The fourth-order valence-electron chi connectivity index (χ4n) is 10.1.